The van der Waals surface area contributed by atoms with E-state index in [1.165, 1.54) is 6.20 Å². The summed E-state index contributed by atoms with van der Waals surface area (Å²) in [5.41, 5.74) is 6.47. The number of rotatable bonds is 1. The van der Waals surface area contributed by atoms with Gasteiger partial charge in [-0.05, 0) is 24.4 Å². The summed E-state index contributed by atoms with van der Waals surface area (Å²) in [7, 11) is 0. The minimum atomic E-state index is -0.478. The molecule has 1 heterocycles. The summed E-state index contributed by atoms with van der Waals surface area (Å²) in [5, 5.41) is 12.1. The van der Waals surface area contributed by atoms with Gasteiger partial charge in [-0.25, -0.2) is 0 Å². The number of nitrogens with two attached hydrogens (primary N) is 1. The molecule has 0 saturated heterocycles. The van der Waals surface area contributed by atoms with Crippen LogP contribution in [0.15, 0.2) is 24.4 Å². The van der Waals surface area contributed by atoms with Gasteiger partial charge < -0.3 is 5.73 Å². The van der Waals surface area contributed by atoms with Gasteiger partial charge in [0.05, 0.1) is 10.3 Å². The Bertz CT molecular complexity index is 552. The molecule has 2 N–H and O–H groups in total. The molecule has 0 atom stereocenters. The Hall–Kier alpha value is -2.17. The van der Waals surface area contributed by atoms with E-state index in [2.05, 4.69) is 4.98 Å². The summed E-state index contributed by atoms with van der Waals surface area (Å²) in [4.78, 5) is 14.4. The lowest BCUT2D eigenvalue weighted by atomic mass is 10.1. The summed E-state index contributed by atoms with van der Waals surface area (Å²) in [6.45, 7) is 1.83. The topological polar surface area (TPSA) is 82.0 Å². The first kappa shape index (κ1) is 9.39. The van der Waals surface area contributed by atoms with E-state index in [-0.39, 0.29) is 11.4 Å². The van der Waals surface area contributed by atoms with Crippen molar-refractivity contribution in [1.82, 2.24) is 4.98 Å². The zero-order valence-corrected chi connectivity index (χ0v) is 8.10. The second-order valence-corrected chi connectivity index (χ2v) is 3.31. The van der Waals surface area contributed by atoms with Crippen molar-refractivity contribution in [2.45, 2.75) is 6.92 Å². The summed E-state index contributed by atoms with van der Waals surface area (Å²) in [6, 6.07) is 5.09. The molecule has 1 aromatic carbocycles. The van der Waals surface area contributed by atoms with Crippen LogP contribution >= 0.6 is 0 Å². The number of nitro benzene ring substituents is 1. The number of aromatic nitrogens is 1. The molecule has 0 aliphatic heterocycles. The maximum atomic E-state index is 10.8. The van der Waals surface area contributed by atoms with Gasteiger partial charge >= 0.3 is 5.69 Å². The smallest absolute Gasteiger partial charge is 0.301 e. The highest BCUT2D eigenvalue weighted by atomic mass is 16.6. The molecule has 76 valence electrons. The highest BCUT2D eigenvalue weighted by Gasteiger charge is 2.16. The molecule has 0 fully saturated rings. The number of fused-ring (bicyclic) bond motifs is 1. The van der Waals surface area contributed by atoms with Crippen LogP contribution in [0.1, 0.15) is 5.69 Å². The van der Waals surface area contributed by atoms with E-state index in [4.69, 9.17) is 5.73 Å². The van der Waals surface area contributed by atoms with E-state index in [1.54, 1.807) is 18.2 Å². The molecule has 0 bridgehead atoms. The molecule has 2 aromatic rings. The van der Waals surface area contributed by atoms with Crippen LogP contribution in [-0.2, 0) is 0 Å². The van der Waals surface area contributed by atoms with Gasteiger partial charge in [-0.1, -0.05) is 6.07 Å². The van der Waals surface area contributed by atoms with Gasteiger partial charge in [-0.2, -0.15) is 0 Å². The van der Waals surface area contributed by atoms with Gasteiger partial charge in [0.15, 0.2) is 0 Å². The Morgan fingerprint density at radius 2 is 2.20 bits per heavy atom. The fourth-order valence-electron chi connectivity index (χ4n) is 1.53. The summed E-state index contributed by atoms with van der Waals surface area (Å²) in [6.07, 6.45) is 1.49. The third-order valence-corrected chi connectivity index (χ3v) is 2.23. The van der Waals surface area contributed by atoms with Gasteiger partial charge in [-0.15, -0.1) is 0 Å². The van der Waals surface area contributed by atoms with Crippen LogP contribution in [0.4, 0.5) is 11.4 Å². The molecule has 0 unspecified atom stereocenters. The van der Waals surface area contributed by atoms with Gasteiger partial charge in [0.25, 0.3) is 0 Å². The van der Waals surface area contributed by atoms with Crippen LogP contribution in [-0.4, -0.2) is 9.91 Å². The minimum absolute atomic E-state index is 0.0694. The third-order valence-electron chi connectivity index (χ3n) is 2.23. The van der Waals surface area contributed by atoms with Crippen molar-refractivity contribution in [2.24, 2.45) is 0 Å². The number of nitrogens with zero attached hydrogens (tertiary/aromatic N) is 2. The number of hydrogen-bond acceptors (Lipinski definition) is 4. The molecule has 5 heteroatoms. The van der Waals surface area contributed by atoms with Crippen LogP contribution in [0.2, 0.25) is 0 Å². The fourth-order valence-corrected chi connectivity index (χ4v) is 1.53. The van der Waals surface area contributed by atoms with Gasteiger partial charge in [-0.3, -0.25) is 15.1 Å². The van der Waals surface area contributed by atoms with E-state index in [9.17, 15) is 10.1 Å². The fraction of sp³-hybridized carbons (Fsp3) is 0.100. The molecule has 15 heavy (non-hydrogen) atoms. The third kappa shape index (κ3) is 1.48. The van der Waals surface area contributed by atoms with E-state index in [0.717, 1.165) is 11.1 Å². The molecule has 0 aliphatic carbocycles. The van der Waals surface area contributed by atoms with Gasteiger partial charge in [0, 0.05) is 11.9 Å². The van der Waals surface area contributed by atoms with E-state index in [0.29, 0.717) is 5.39 Å². The number of nitrogen functional groups attached to an aromatic ring is 1. The summed E-state index contributed by atoms with van der Waals surface area (Å²) >= 11 is 0. The monoisotopic (exact) mass is 203 g/mol. The summed E-state index contributed by atoms with van der Waals surface area (Å²) in [5.74, 6) is 0. The second-order valence-electron chi connectivity index (χ2n) is 3.31. The maximum Gasteiger partial charge on any atom is 0.301 e. The Balaban J connectivity index is 2.88. The van der Waals surface area contributed by atoms with Crippen molar-refractivity contribution in [3.63, 3.8) is 0 Å². The van der Waals surface area contributed by atoms with Crippen molar-refractivity contribution in [1.29, 1.82) is 0 Å². The zero-order chi connectivity index (χ0) is 11.0. The molecule has 0 radical (unpaired) electrons. The Morgan fingerprint density at radius 3 is 2.87 bits per heavy atom. The molecule has 5 nitrogen and oxygen atoms in total. The maximum absolute atomic E-state index is 10.8. The van der Waals surface area contributed by atoms with E-state index < -0.39 is 4.92 Å². The highest BCUT2D eigenvalue weighted by molar-refractivity contribution is 5.95. The Kier molecular flexibility index (Phi) is 2.00. The first-order chi connectivity index (χ1) is 7.09. The van der Waals surface area contributed by atoms with Crippen LogP contribution in [0.25, 0.3) is 10.8 Å². The molecule has 0 saturated carbocycles. The van der Waals surface area contributed by atoms with Crippen molar-refractivity contribution < 1.29 is 4.92 Å². The Labute approximate surface area is 85.7 Å². The van der Waals surface area contributed by atoms with Crippen LogP contribution in [0.5, 0.6) is 0 Å². The molecule has 0 amide bonds. The van der Waals surface area contributed by atoms with Gasteiger partial charge in [0.1, 0.15) is 5.69 Å². The average molecular weight is 203 g/mol. The van der Waals surface area contributed by atoms with Crippen molar-refractivity contribution in [2.75, 3.05) is 5.73 Å². The first-order valence-electron chi connectivity index (χ1n) is 4.39. The lowest BCUT2D eigenvalue weighted by Crippen LogP contribution is -1.97. The predicted molar refractivity (Wildman–Crippen MR) is 57.5 cm³/mol. The van der Waals surface area contributed by atoms with Crippen LogP contribution in [0.3, 0.4) is 0 Å². The predicted octanol–water partition coefficient (Wildman–Crippen LogP) is 2.03. The van der Waals surface area contributed by atoms with Gasteiger partial charge in [0.2, 0.25) is 0 Å². The normalized spacial score (nSPS) is 10.5. The second kappa shape index (κ2) is 3.20. The molecule has 0 spiro atoms. The number of aryl methyl sites for hydroxylation is 1. The van der Waals surface area contributed by atoms with Crippen molar-refractivity contribution in [3.8, 4) is 0 Å². The lowest BCUT2D eigenvalue weighted by molar-refractivity contribution is -0.382. The quantitative estimate of drug-likeness (QED) is 0.436. The first-order valence-corrected chi connectivity index (χ1v) is 4.39. The molecule has 1 aromatic heterocycles. The largest absolute Gasteiger partial charge is 0.393 e. The molecule has 0 aliphatic rings. The molecular weight excluding hydrogens is 194 g/mol. The number of pyridine rings is 1. The number of hydrogen-bond donors (Lipinski definition) is 1. The number of anilines is 1. The number of nitro groups is 1. The van der Waals surface area contributed by atoms with Crippen molar-refractivity contribution in [3.05, 3.63) is 40.2 Å². The van der Waals surface area contributed by atoms with Crippen molar-refractivity contribution >= 4 is 22.1 Å². The van der Waals surface area contributed by atoms with E-state index >= 15 is 0 Å². The minimum Gasteiger partial charge on any atom is -0.393 e. The lowest BCUT2D eigenvalue weighted by Gasteiger charge is -2.02. The molecular formula is C10H9N3O2. The van der Waals surface area contributed by atoms with E-state index in [1.807, 2.05) is 6.92 Å². The average Bonchev–Trinajstić information content (AvgIpc) is 2.17. The zero-order valence-electron chi connectivity index (χ0n) is 8.10. The molecule has 2 rings (SSSR count). The SMILES string of the molecule is Cc1cc2ccc(N)c([N+](=O)[O-])c2cn1. The number of benzene rings is 1. The standard InChI is InChI=1S/C10H9N3O2/c1-6-4-7-2-3-9(11)10(13(14)15)8(7)5-12-6/h2-5H,11H2,1H3. The Morgan fingerprint density at radius 1 is 1.47 bits per heavy atom. The summed E-state index contributed by atoms with van der Waals surface area (Å²) < 4.78 is 0. The van der Waals surface area contributed by atoms with Crippen LogP contribution < -0.4 is 5.73 Å². The highest BCUT2D eigenvalue weighted by Crippen LogP contribution is 2.30. The van der Waals surface area contributed by atoms with Crippen LogP contribution in [0, 0.1) is 17.0 Å².